The lowest BCUT2D eigenvalue weighted by Gasteiger charge is -2.15. The van der Waals surface area contributed by atoms with Gasteiger partial charge < -0.3 is 5.32 Å². The monoisotopic (exact) mass is 282 g/mol. The number of benzene rings is 1. The van der Waals surface area contributed by atoms with Crippen molar-refractivity contribution in [3.8, 4) is 0 Å². The molecule has 0 heterocycles. The van der Waals surface area contributed by atoms with Crippen LogP contribution in [0.1, 0.15) is 45.1 Å². The van der Waals surface area contributed by atoms with Crippen LogP contribution < -0.4 is 5.32 Å². The molecular weight excluding hydrogens is 259 g/mol. The summed E-state index contributed by atoms with van der Waals surface area (Å²) in [6, 6.07) is 3.70. The van der Waals surface area contributed by atoms with Crippen LogP contribution in [0.4, 0.5) is 10.1 Å². The summed E-state index contributed by atoms with van der Waals surface area (Å²) in [5.74, 6) is 0.0486. The first-order valence-corrected chi connectivity index (χ1v) is 7.21. The van der Waals surface area contributed by atoms with E-state index < -0.39 is 10.7 Å². The maximum atomic E-state index is 13.3. The summed E-state index contributed by atoms with van der Waals surface area (Å²) in [5, 5.41) is 13.9. The molecule has 0 aliphatic rings. The van der Waals surface area contributed by atoms with E-state index in [4.69, 9.17) is 0 Å². The van der Waals surface area contributed by atoms with Crippen molar-refractivity contribution in [2.24, 2.45) is 5.92 Å². The number of hydrogen-bond acceptors (Lipinski definition) is 3. The zero-order chi connectivity index (χ0) is 15.0. The minimum atomic E-state index is -0.567. The molecule has 20 heavy (non-hydrogen) atoms. The van der Waals surface area contributed by atoms with E-state index in [1.165, 1.54) is 31.4 Å². The first kappa shape index (κ1) is 16.6. The molecule has 1 N–H and O–H groups in total. The molecule has 0 saturated heterocycles. The number of nitro groups is 1. The van der Waals surface area contributed by atoms with Crippen LogP contribution in [0.5, 0.6) is 0 Å². The number of hydrogen-bond donors (Lipinski definition) is 1. The third-order valence-electron chi connectivity index (χ3n) is 3.46. The summed E-state index contributed by atoms with van der Waals surface area (Å²) in [5.41, 5.74) is 0.418. The van der Waals surface area contributed by atoms with E-state index in [-0.39, 0.29) is 5.69 Å². The molecule has 0 radical (unpaired) electrons. The molecule has 1 atom stereocenters. The lowest BCUT2D eigenvalue weighted by atomic mass is 9.99. The topological polar surface area (TPSA) is 55.2 Å². The Morgan fingerprint density at radius 3 is 2.70 bits per heavy atom. The molecule has 5 heteroatoms. The Morgan fingerprint density at radius 2 is 2.10 bits per heavy atom. The van der Waals surface area contributed by atoms with E-state index in [9.17, 15) is 14.5 Å². The summed E-state index contributed by atoms with van der Waals surface area (Å²) < 4.78 is 13.3. The van der Waals surface area contributed by atoms with Crippen molar-refractivity contribution < 1.29 is 9.31 Å². The highest BCUT2D eigenvalue weighted by molar-refractivity contribution is 5.35. The van der Waals surface area contributed by atoms with Crippen molar-refractivity contribution in [3.63, 3.8) is 0 Å². The standard InChI is InChI=1S/C15H23FN2O2/c1-3-5-6-12(4-2)10-17-11-13-7-14(16)9-15(8-13)18(19)20/h7-9,12,17H,3-6,10-11H2,1-2H3. The van der Waals surface area contributed by atoms with Crippen LogP contribution in [0.15, 0.2) is 18.2 Å². The molecule has 0 aliphatic heterocycles. The Kier molecular flexibility index (Phi) is 7.15. The summed E-state index contributed by atoms with van der Waals surface area (Å²) in [4.78, 5) is 10.1. The predicted octanol–water partition coefficient (Wildman–Crippen LogP) is 4.04. The number of unbranched alkanes of at least 4 members (excludes halogenated alkanes) is 1. The fourth-order valence-electron chi connectivity index (χ4n) is 2.20. The molecule has 1 aromatic rings. The Morgan fingerprint density at radius 1 is 1.35 bits per heavy atom. The first-order valence-electron chi connectivity index (χ1n) is 7.21. The van der Waals surface area contributed by atoms with Gasteiger partial charge in [0.2, 0.25) is 0 Å². The molecule has 4 nitrogen and oxygen atoms in total. The lowest BCUT2D eigenvalue weighted by molar-refractivity contribution is -0.385. The summed E-state index contributed by atoms with van der Waals surface area (Å²) >= 11 is 0. The largest absolute Gasteiger partial charge is 0.312 e. The van der Waals surface area contributed by atoms with Crippen LogP contribution in [0.3, 0.4) is 0 Å². The van der Waals surface area contributed by atoms with Gasteiger partial charge >= 0.3 is 0 Å². The highest BCUT2D eigenvalue weighted by Crippen LogP contribution is 2.16. The summed E-state index contributed by atoms with van der Waals surface area (Å²) in [7, 11) is 0. The fourth-order valence-corrected chi connectivity index (χ4v) is 2.20. The van der Waals surface area contributed by atoms with Gasteiger partial charge in [-0.25, -0.2) is 4.39 Å². The Hall–Kier alpha value is -1.49. The van der Waals surface area contributed by atoms with Gasteiger partial charge in [0.25, 0.3) is 5.69 Å². The van der Waals surface area contributed by atoms with Gasteiger partial charge in [0.05, 0.1) is 11.0 Å². The smallest absolute Gasteiger partial charge is 0.272 e. The van der Waals surface area contributed by atoms with Gasteiger partial charge in [-0.2, -0.15) is 0 Å². The van der Waals surface area contributed by atoms with Crippen molar-refractivity contribution >= 4 is 5.69 Å². The second-order valence-electron chi connectivity index (χ2n) is 5.12. The van der Waals surface area contributed by atoms with Crippen molar-refractivity contribution in [3.05, 3.63) is 39.7 Å². The van der Waals surface area contributed by atoms with E-state index in [1.54, 1.807) is 0 Å². The Bertz CT molecular complexity index is 438. The van der Waals surface area contributed by atoms with Crippen LogP contribution in [0, 0.1) is 21.8 Å². The van der Waals surface area contributed by atoms with Gasteiger partial charge in [-0.05, 0) is 30.5 Å². The summed E-state index contributed by atoms with van der Waals surface area (Å²) in [6.45, 7) is 5.66. The average molecular weight is 282 g/mol. The third kappa shape index (κ3) is 5.65. The maximum absolute atomic E-state index is 13.3. The second-order valence-corrected chi connectivity index (χ2v) is 5.12. The number of nitro benzene ring substituents is 1. The van der Waals surface area contributed by atoms with E-state index in [2.05, 4.69) is 19.2 Å². The van der Waals surface area contributed by atoms with Crippen molar-refractivity contribution in [1.82, 2.24) is 5.32 Å². The Labute approximate surface area is 119 Å². The molecular formula is C15H23FN2O2. The SMILES string of the molecule is CCCCC(CC)CNCc1cc(F)cc([N+](=O)[O-])c1. The van der Waals surface area contributed by atoms with Gasteiger partial charge in [-0.1, -0.05) is 33.1 Å². The average Bonchev–Trinajstić information content (AvgIpc) is 2.42. The molecule has 1 rings (SSSR count). The lowest BCUT2D eigenvalue weighted by Crippen LogP contribution is -2.22. The predicted molar refractivity (Wildman–Crippen MR) is 78.1 cm³/mol. The molecule has 0 fully saturated rings. The van der Waals surface area contributed by atoms with Crippen LogP contribution >= 0.6 is 0 Å². The molecule has 0 aromatic heterocycles. The van der Waals surface area contributed by atoms with Crippen LogP contribution in [0.25, 0.3) is 0 Å². The van der Waals surface area contributed by atoms with Crippen molar-refractivity contribution in [2.75, 3.05) is 6.54 Å². The second kappa shape index (κ2) is 8.64. The van der Waals surface area contributed by atoms with E-state index in [0.29, 0.717) is 18.0 Å². The molecule has 0 aliphatic carbocycles. The molecule has 112 valence electrons. The normalized spacial score (nSPS) is 12.3. The maximum Gasteiger partial charge on any atom is 0.272 e. The zero-order valence-corrected chi connectivity index (χ0v) is 12.2. The van der Waals surface area contributed by atoms with Crippen LogP contribution in [-0.4, -0.2) is 11.5 Å². The Balaban J connectivity index is 2.50. The number of nitrogens with zero attached hydrogens (tertiary/aromatic N) is 1. The molecule has 0 bridgehead atoms. The van der Waals surface area contributed by atoms with Crippen LogP contribution in [0.2, 0.25) is 0 Å². The van der Waals surface area contributed by atoms with Gasteiger partial charge in [-0.15, -0.1) is 0 Å². The number of nitrogens with one attached hydrogen (secondary N) is 1. The van der Waals surface area contributed by atoms with E-state index >= 15 is 0 Å². The zero-order valence-electron chi connectivity index (χ0n) is 12.2. The third-order valence-corrected chi connectivity index (χ3v) is 3.46. The molecule has 0 amide bonds. The minimum Gasteiger partial charge on any atom is -0.312 e. The van der Waals surface area contributed by atoms with Gasteiger partial charge in [0.1, 0.15) is 5.82 Å². The quantitative estimate of drug-likeness (QED) is 0.549. The van der Waals surface area contributed by atoms with Gasteiger partial charge in [0.15, 0.2) is 0 Å². The van der Waals surface area contributed by atoms with Crippen LogP contribution in [-0.2, 0) is 6.54 Å². The minimum absolute atomic E-state index is 0.195. The number of non-ortho nitro benzene ring substituents is 1. The van der Waals surface area contributed by atoms with Crippen molar-refractivity contribution in [2.45, 2.75) is 46.1 Å². The summed E-state index contributed by atoms with van der Waals surface area (Å²) in [6.07, 6.45) is 4.69. The molecule has 1 unspecified atom stereocenters. The fraction of sp³-hybridized carbons (Fsp3) is 0.600. The highest BCUT2D eigenvalue weighted by atomic mass is 19.1. The molecule has 0 saturated carbocycles. The van der Waals surface area contributed by atoms with Gasteiger partial charge in [0, 0.05) is 12.6 Å². The number of rotatable bonds is 9. The number of halogens is 1. The first-order chi connectivity index (χ1) is 9.56. The molecule has 0 spiro atoms. The van der Waals surface area contributed by atoms with E-state index in [1.807, 2.05) is 0 Å². The van der Waals surface area contributed by atoms with E-state index in [0.717, 1.165) is 19.0 Å². The van der Waals surface area contributed by atoms with Crippen molar-refractivity contribution in [1.29, 1.82) is 0 Å². The highest BCUT2D eigenvalue weighted by Gasteiger charge is 2.10. The van der Waals surface area contributed by atoms with Gasteiger partial charge in [-0.3, -0.25) is 10.1 Å². The molecule has 1 aromatic carbocycles.